The Hall–Kier alpha value is -1.80. The minimum atomic E-state index is -0.758. The van der Waals surface area contributed by atoms with Crippen LogP contribution in [-0.2, 0) is 11.3 Å². The van der Waals surface area contributed by atoms with Crippen LogP contribution in [0.4, 0.5) is 0 Å². The monoisotopic (exact) mass is 294 g/mol. The summed E-state index contributed by atoms with van der Waals surface area (Å²) < 4.78 is 1.26. The average Bonchev–Trinajstić information content (AvgIpc) is 2.96. The van der Waals surface area contributed by atoms with E-state index in [0.29, 0.717) is 30.3 Å². The molecule has 2 aromatic rings. The van der Waals surface area contributed by atoms with Gasteiger partial charge in [-0.05, 0) is 5.92 Å². The normalized spacial score (nSPS) is 23.4. The second-order valence-electron chi connectivity index (χ2n) is 5.13. The summed E-state index contributed by atoms with van der Waals surface area (Å²) in [5.41, 5.74) is 2.04. The van der Waals surface area contributed by atoms with Gasteiger partial charge in [0.1, 0.15) is 5.51 Å². The summed E-state index contributed by atoms with van der Waals surface area (Å²) in [5.74, 6) is -0.991. The highest BCUT2D eigenvalue weighted by molar-refractivity contribution is 7.14. The Bertz CT molecular complexity index is 710. The first-order valence-corrected chi connectivity index (χ1v) is 7.20. The maximum Gasteiger partial charge on any atom is 0.308 e. The summed E-state index contributed by atoms with van der Waals surface area (Å²) in [5, 5.41) is 13.0. The zero-order valence-electron chi connectivity index (χ0n) is 10.9. The Morgan fingerprint density at radius 3 is 3.05 bits per heavy atom. The van der Waals surface area contributed by atoms with Crippen molar-refractivity contribution in [2.24, 2.45) is 11.8 Å². The molecule has 0 spiro atoms. The number of aliphatic carboxylic acids is 1. The molecule has 20 heavy (non-hydrogen) atoms. The first kappa shape index (κ1) is 13.2. The van der Waals surface area contributed by atoms with E-state index in [0.717, 1.165) is 0 Å². The molecular weight excluding hydrogens is 280 g/mol. The third-order valence-corrected chi connectivity index (χ3v) is 4.31. The van der Waals surface area contributed by atoms with Crippen LogP contribution in [0.25, 0.3) is 4.96 Å². The van der Waals surface area contributed by atoms with Gasteiger partial charge in [-0.2, -0.15) is 9.61 Å². The SMILES string of the molecule is C[C@@H]1CN(Cc2cc(=O)n3ncsc3n2)C[C@H]1C(=O)O. The van der Waals surface area contributed by atoms with Crippen molar-refractivity contribution >= 4 is 22.3 Å². The lowest BCUT2D eigenvalue weighted by molar-refractivity contribution is -0.142. The zero-order chi connectivity index (χ0) is 14.3. The highest BCUT2D eigenvalue weighted by Crippen LogP contribution is 2.24. The lowest BCUT2D eigenvalue weighted by Gasteiger charge is -2.14. The third kappa shape index (κ3) is 2.32. The van der Waals surface area contributed by atoms with Gasteiger partial charge in [-0.15, -0.1) is 0 Å². The fraction of sp³-hybridized carbons (Fsp3) is 0.500. The van der Waals surface area contributed by atoms with Gasteiger partial charge < -0.3 is 5.11 Å². The molecule has 2 atom stereocenters. The molecule has 0 amide bonds. The molecular formula is C12H14N4O3S. The van der Waals surface area contributed by atoms with Gasteiger partial charge in [-0.3, -0.25) is 14.5 Å². The van der Waals surface area contributed by atoms with Gasteiger partial charge in [-0.25, -0.2) is 4.98 Å². The number of rotatable bonds is 3. The van der Waals surface area contributed by atoms with E-state index in [1.807, 2.05) is 11.8 Å². The van der Waals surface area contributed by atoms with Gasteiger partial charge in [0.2, 0.25) is 4.96 Å². The summed E-state index contributed by atoms with van der Waals surface area (Å²) in [6, 6.07) is 1.46. The molecule has 0 aliphatic carbocycles. The molecule has 1 saturated heterocycles. The van der Waals surface area contributed by atoms with E-state index in [4.69, 9.17) is 5.11 Å². The van der Waals surface area contributed by atoms with Gasteiger partial charge in [0.25, 0.3) is 5.56 Å². The molecule has 8 heteroatoms. The van der Waals surface area contributed by atoms with Crippen LogP contribution in [0.3, 0.4) is 0 Å². The van der Waals surface area contributed by atoms with E-state index in [2.05, 4.69) is 10.1 Å². The highest BCUT2D eigenvalue weighted by atomic mass is 32.1. The molecule has 1 aliphatic rings. The Morgan fingerprint density at radius 2 is 2.35 bits per heavy atom. The number of hydrogen-bond donors (Lipinski definition) is 1. The second kappa shape index (κ2) is 4.95. The molecule has 106 valence electrons. The molecule has 0 unspecified atom stereocenters. The first-order valence-electron chi connectivity index (χ1n) is 6.32. The van der Waals surface area contributed by atoms with Crippen molar-refractivity contribution in [3.8, 4) is 0 Å². The lowest BCUT2D eigenvalue weighted by atomic mass is 9.99. The van der Waals surface area contributed by atoms with E-state index in [1.54, 1.807) is 5.51 Å². The maximum absolute atomic E-state index is 11.8. The number of carbonyl (C=O) groups is 1. The van der Waals surface area contributed by atoms with E-state index >= 15 is 0 Å². The van der Waals surface area contributed by atoms with Crippen LogP contribution in [-0.4, -0.2) is 43.7 Å². The fourth-order valence-corrected chi connectivity index (χ4v) is 3.27. The molecule has 1 N–H and O–H groups in total. The zero-order valence-corrected chi connectivity index (χ0v) is 11.7. The fourth-order valence-electron chi connectivity index (χ4n) is 2.63. The van der Waals surface area contributed by atoms with E-state index in [1.165, 1.54) is 21.9 Å². The maximum atomic E-state index is 11.8. The van der Waals surface area contributed by atoms with Crippen molar-refractivity contribution in [3.05, 3.63) is 27.6 Å². The number of aromatic nitrogens is 3. The van der Waals surface area contributed by atoms with Crippen LogP contribution < -0.4 is 5.56 Å². The molecule has 0 radical (unpaired) electrons. The molecule has 0 bridgehead atoms. The molecule has 7 nitrogen and oxygen atoms in total. The van der Waals surface area contributed by atoms with Gasteiger partial charge >= 0.3 is 5.97 Å². The quantitative estimate of drug-likeness (QED) is 0.876. The minimum Gasteiger partial charge on any atom is -0.481 e. The largest absolute Gasteiger partial charge is 0.481 e. The molecule has 1 aliphatic heterocycles. The number of carboxylic acids is 1. The summed E-state index contributed by atoms with van der Waals surface area (Å²) >= 11 is 1.31. The predicted octanol–water partition coefficient (Wildman–Crippen LogP) is 0.303. The average molecular weight is 294 g/mol. The van der Waals surface area contributed by atoms with Crippen molar-refractivity contribution in [1.29, 1.82) is 0 Å². The van der Waals surface area contributed by atoms with E-state index < -0.39 is 5.97 Å². The lowest BCUT2D eigenvalue weighted by Crippen LogP contribution is -2.25. The van der Waals surface area contributed by atoms with Crippen LogP contribution in [0.5, 0.6) is 0 Å². The topological polar surface area (TPSA) is 87.8 Å². The predicted molar refractivity (Wildman–Crippen MR) is 72.7 cm³/mol. The van der Waals surface area contributed by atoms with Crippen molar-refractivity contribution in [2.75, 3.05) is 13.1 Å². The first-order chi connectivity index (χ1) is 9.54. The molecule has 2 aromatic heterocycles. The highest BCUT2D eigenvalue weighted by Gasteiger charge is 2.34. The molecule has 1 fully saturated rings. The van der Waals surface area contributed by atoms with Crippen molar-refractivity contribution < 1.29 is 9.90 Å². The number of hydrogen-bond acceptors (Lipinski definition) is 6. The van der Waals surface area contributed by atoms with Crippen molar-refractivity contribution in [1.82, 2.24) is 19.5 Å². The molecule has 0 aromatic carbocycles. The summed E-state index contributed by atoms with van der Waals surface area (Å²) in [6.07, 6.45) is 0. The van der Waals surface area contributed by atoms with Crippen molar-refractivity contribution in [2.45, 2.75) is 13.5 Å². The molecule has 3 rings (SSSR count). The number of likely N-dealkylation sites (tertiary alicyclic amines) is 1. The Kier molecular flexibility index (Phi) is 3.27. The summed E-state index contributed by atoms with van der Waals surface area (Å²) in [6.45, 7) is 3.65. The minimum absolute atomic E-state index is 0.112. The van der Waals surface area contributed by atoms with Gasteiger partial charge in [-0.1, -0.05) is 18.3 Å². The van der Waals surface area contributed by atoms with Crippen LogP contribution >= 0.6 is 11.3 Å². The van der Waals surface area contributed by atoms with Crippen molar-refractivity contribution in [3.63, 3.8) is 0 Å². The number of nitrogens with zero attached hydrogens (tertiary/aromatic N) is 4. The van der Waals surface area contributed by atoms with Crippen LogP contribution in [0.2, 0.25) is 0 Å². The Balaban J connectivity index is 1.80. The van der Waals surface area contributed by atoms with Gasteiger partial charge in [0.15, 0.2) is 0 Å². The van der Waals surface area contributed by atoms with Gasteiger partial charge in [0.05, 0.1) is 11.6 Å². The Morgan fingerprint density at radius 1 is 1.55 bits per heavy atom. The van der Waals surface area contributed by atoms with E-state index in [-0.39, 0.29) is 17.4 Å². The summed E-state index contributed by atoms with van der Waals surface area (Å²) in [4.78, 5) is 29.9. The number of carboxylic acid groups (broad SMARTS) is 1. The van der Waals surface area contributed by atoms with Crippen LogP contribution in [0.15, 0.2) is 16.4 Å². The summed E-state index contributed by atoms with van der Waals surface area (Å²) in [7, 11) is 0. The Labute approximate surface area is 118 Å². The third-order valence-electron chi connectivity index (χ3n) is 3.63. The van der Waals surface area contributed by atoms with Gasteiger partial charge in [0, 0.05) is 25.7 Å². The van der Waals surface area contributed by atoms with E-state index in [9.17, 15) is 9.59 Å². The molecule has 0 saturated carbocycles. The number of fused-ring (bicyclic) bond motifs is 1. The smallest absolute Gasteiger partial charge is 0.308 e. The molecule has 3 heterocycles. The second-order valence-corrected chi connectivity index (χ2v) is 5.95. The van der Waals surface area contributed by atoms with Crippen LogP contribution in [0.1, 0.15) is 12.6 Å². The standard InChI is InChI=1S/C12H14N4O3S/c1-7-3-15(5-9(7)11(18)19)4-8-2-10(17)16-12(14-8)20-6-13-16/h2,6-7,9H,3-5H2,1H3,(H,18,19)/t7-,9-/m1/s1. The van der Waals surface area contributed by atoms with Crippen LogP contribution in [0, 0.1) is 11.8 Å².